The van der Waals surface area contributed by atoms with Crippen LogP contribution in [0.3, 0.4) is 0 Å². The van der Waals surface area contributed by atoms with Crippen LogP contribution in [0, 0.1) is 0 Å². The molecule has 0 saturated carbocycles. The number of aromatic amines is 1. The number of nitrogens with zero attached hydrogens (tertiary/aromatic N) is 4. The van der Waals surface area contributed by atoms with Crippen molar-refractivity contribution in [3.63, 3.8) is 0 Å². The molecule has 1 N–H and O–H groups in total. The van der Waals surface area contributed by atoms with E-state index >= 15 is 0 Å². The van der Waals surface area contributed by atoms with Gasteiger partial charge in [0.1, 0.15) is 6.20 Å². The zero-order chi connectivity index (χ0) is 35.3. The first-order valence-electron chi connectivity index (χ1n) is 17.0. The summed E-state index contributed by atoms with van der Waals surface area (Å²) < 4.78 is 29.3. The summed E-state index contributed by atoms with van der Waals surface area (Å²) in [5, 5.41) is 0. The first-order valence-corrected chi connectivity index (χ1v) is 17.0. The van der Waals surface area contributed by atoms with E-state index in [1.54, 1.807) is 18.2 Å². The van der Waals surface area contributed by atoms with E-state index < -0.39 is 7.40 Å². The smallest absolute Gasteiger partial charge is 0.332 e. The maximum Gasteiger partial charge on any atom is 0.934 e. The Morgan fingerprint density at radius 3 is 1.25 bits per heavy atom. The van der Waals surface area contributed by atoms with E-state index in [9.17, 15) is 8.63 Å². The van der Waals surface area contributed by atoms with Crippen LogP contribution >= 0.6 is 0 Å². The predicted octanol–water partition coefficient (Wildman–Crippen LogP) is 11.4. The fourth-order valence-corrected chi connectivity index (χ4v) is 6.49. The zero-order valence-electron chi connectivity index (χ0n) is 28.1. The highest BCUT2D eigenvalue weighted by atomic mass is 19.2. The lowest BCUT2D eigenvalue weighted by Crippen LogP contribution is -2.47. The molecule has 8 aromatic rings. The monoisotopic (exact) mass is 680 g/mol. The van der Waals surface area contributed by atoms with E-state index in [1.807, 2.05) is 97.1 Å². The average molecular weight is 681 g/mol. The molecular weight excluding hydrogens is 647 g/mol. The van der Waals surface area contributed by atoms with Crippen molar-refractivity contribution in [1.82, 2.24) is 9.97 Å². The molecule has 0 aliphatic carbocycles. The molecule has 8 rings (SSSR count). The van der Waals surface area contributed by atoms with Crippen molar-refractivity contribution < 1.29 is 13.1 Å². The topological polar surface area (TPSA) is 39.0 Å². The van der Waals surface area contributed by atoms with Crippen LogP contribution in [-0.2, 0) is 0 Å². The summed E-state index contributed by atoms with van der Waals surface area (Å²) in [7, 11) is -2.73. The van der Waals surface area contributed by atoms with E-state index in [0.717, 1.165) is 55.4 Å². The van der Waals surface area contributed by atoms with Gasteiger partial charge >= 0.3 is 7.40 Å². The second-order valence-corrected chi connectivity index (χ2v) is 12.2. The van der Waals surface area contributed by atoms with Crippen LogP contribution in [0.4, 0.5) is 42.8 Å². The van der Waals surface area contributed by atoms with E-state index in [-0.39, 0.29) is 5.69 Å². The van der Waals surface area contributed by atoms with Crippen molar-refractivity contribution in [3.05, 3.63) is 194 Å². The number of aromatic nitrogens is 3. The number of pyridine rings is 1. The molecule has 0 amide bonds. The molecule has 0 unspecified atom stereocenters. The highest BCUT2D eigenvalue weighted by Crippen LogP contribution is 2.39. The lowest BCUT2D eigenvalue weighted by molar-refractivity contribution is -0.542. The van der Waals surface area contributed by atoms with E-state index in [0.29, 0.717) is 11.5 Å². The molecule has 52 heavy (non-hydrogen) atoms. The minimum absolute atomic E-state index is 0.289. The molecule has 250 valence electrons. The third kappa shape index (κ3) is 6.57. The number of rotatable bonds is 10. The summed E-state index contributed by atoms with van der Waals surface area (Å²) in [6, 6.07) is 62.3. The first-order chi connectivity index (χ1) is 25.6. The van der Waals surface area contributed by atoms with Crippen molar-refractivity contribution in [1.29, 1.82) is 0 Å². The van der Waals surface area contributed by atoms with Crippen molar-refractivity contribution in [2.45, 2.75) is 0 Å². The minimum Gasteiger partial charge on any atom is -0.332 e. The summed E-state index contributed by atoms with van der Waals surface area (Å²) in [6.45, 7) is 0. The fraction of sp³-hybridized carbons (Fsp3) is 0. The number of H-pyrrole nitrogens is 1. The number of hydrogen-bond donors (Lipinski definition) is 1. The van der Waals surface area contributed by atoms with Crippen LogP contribution in [0.25, 0.3) is 34.0 Å². The Hall–Kier alpha value is -6.80. The van der Waals surface area contributed by atoms with Crippen molar-refractivity contribution in [2.24, 2.45) is 0 Å². The molecule has 0 radical (unpaired) electrons. The molecule has 0 aliphatic rings. The normalized spacial score (nSPS) is 10.9. The molecule has 0 spiro atoms. The second-order valence-electron chi connectivity index (χ2n) is 12.2. The third-order valence-corrected chi connectivity index (χ3v) is 8.92. The van der Waals surface area contributed by atoms with Gasteiger partial charge in [0, 0.05) is 51.3 Å². The molecule has 0 bridgehead atoms. The summed E-state index contributed by atoms with van der Waals surface area (Å²) >= 11 is 0. The van der Waals surface area contributed by atoms with Crippen molar-refractivity contribution >= 4 is 41.5 Å². The van der Waals surface area contributed by atoms with Crippen LogP contribution < -0.4 is 14.3 Å². The minimum atomic E-state index is -2.73. The molecule has 0 fully saturated rings. The Morgan fingerprint density at radius 1 is 0.442 bits per heavy atom. The lowest BCUT2D eigenvalue weighted by atomic mass is 10.0. The molecule has 6 aromatic carbocycles. The predicted molar refractivity (Wildman–Crippen MR) is 208 cm³/mol. The largest absolute Gasteiger partial charge is 0.934 e. The van der Waals surface area contributed by atoms with Gasteiger partial charge in [-0.2, -0.15) is 0 Å². The van der Waals surface area contributed by atoms with Gasteiger partial charge in [-0.3, -0.25) is 0 Å². The number of benzene rings is 6. The Labute approximate surface area is 301 Å². The van der Waals surface area contributed by atoms with Crippen LogP contribution in [0.15, 0.2) is 194 Å². The van der Waals surface area contributed by atoms with Gasteiger partial charge in [0.2, 0.25) is 11.5 Å². The van der Waals surface area contributed by atoms with Gasteiger partial charge < -0.3 is 14.8 Å². The molecule has 0 atom stereocenters. The van der Waals surface area contributed by atoms with E-state index in [4.69, 9.17) is 4.98 Å². The second kappa shape index (κ2) is 14.6. The Morgan fingerprint density at radius 2 is 0.827 bits per heavy atom. The molecule has 2 heterocycles. The molecule has 2 aromatic heterocycles. The maximum atomic E-state index is 14.2. The number of hydrogen-bond acceptors (Lipinski definition) is 3. The number of anilines is 6. The van der Waals surface area contributed by atoms with E-state index in [1.165, 1.54) is 6.20 Å². The Bertz CT molecular complexity index is 2150. The van der Waals surface area contributed by atoms with Crippen LogP contribution in [0.1, 0.15) is 0 Å². The standard InChI is InChI=1S/C44H32BF2N5/c46-45(47)50-32-14-13-23-41(50)44-48-42(33-24-28-39(29-25-33)51(35-15-5-1-6-16-35)36-17-7-2-8-18-36)43(49-44)34-26-30-40(31-27-34)52(37-19-9-3-10-20-37)38-21-11-4-12-22-38/h1-32H/p+1. The lowest BCUT2D eigenvalue weighted by Gasteiger charge is -2.25. The van der Waals surface area contributed by atoms with E-state index in [2.05, 4.69) is 87.6 Å². The molecule has 5 nitrogen and oxygen atoms in total. The zero-order valence-corrected chi connectivity index (χ0v) is 28.1. The highest BCUT2D eigenvalue weighted by molar-refractivity contribution is 6.32. The quantitative estimate of drug-likeness (QED) is 0.146. The van der Waals surface area contributed by atoms with Crippen molar-refractivity contribution in [3.8, 4) is 34.0 Å². The maximum absolute atomic E-state index is 14.2. The van der Waals surface area contributed by atoms with Gasteiger partial charge in [-0.1, -0.05) is 97.1 Å². The highest BCUT2D eigenvalue weighted by Gasteiger charge is 2.36. The Kier molecular flexibility index (Phi) is 9.09. The molecule has 0 saturated heterocycles. The number of halogens is 2. The fourth-order valence-electron chi connectivity index (χ4n) is 6.49. The average Bonchev–Trinajstić information content (AvgIpc) is 3.66. The SMILES string of the molecule is FB(F)[n+]1ccccc1-c1nc(-c2ccc(N(c3ccccc3)c3ccccc3)cc2)c(-c2ccc(N(c3ccccc3)c3ccccc3)cc2)[nH]1. The molecule has 8 heteroatoms. The van der Waals surface area contributed by atoms with Crippen LogP contribution in [0.2, 0.25) is 0 Å². The van der Waals surface area contributed by atoms with Gasteiger partial charge in [0.05, 0.1) is 11.4 Å². The first kappa shape index (κ1) is 32.4. The van der Waals surface area contributed by atoms with Crippen LogP contribution in [-0.4, -0.2) is 17.4 Å². The number of imidazole rings is 1. The van der Waals surface area contributed by atoms with Gasteiger partial charge in [-0.25, -0.2) is 18.1 Å². The Balaban J connectivity index is 1.22. The van der Waals surface area contributed by atoms with Crippen molar-refractivity contribution in [2.75, 3.05) is 9.80 Å². The molecule has 0 aliphatic heterocycles. The van der Waals surface area contributed by atoms with Crippen LogP contribution in [0.5, 0.6) is 0 Å². The summed E-state index contributed by atoms with van der Waals surface area (Å²) in [4.78, 5) is 12.8. The number of para-hydroxylation sites is 4. The van der Waals surface area contributed by atoms with Gasteiger partial charge in [-0.15, -0.1) is 0 Å². The number of nitrogens with one attached hydrogen (secondary N) is 1. The van der Waals surface area contributed by atoms with Gasteiger partial charge in [-0.05, 0) is 84.9 Å². The summed E-state index contributed by atoms with van der Waals surface area (Å²) in [5.74, 6) is 0.351. The van der Waals surface area contributed by atoms with Gasteiger partial charge in [0.25, 0.3) is 0 Å². The third-order valence-electron chi connectivity index (χ3n) is 8.92. The van der Waals surface area contributed by atoms with Gasteiger partial charge in [0.15, 0.2) is 0 Å². The summed E-state index contributed by atoms with van der Waals surface area (Å²) in [5.41, 5.74) is 9.49. The summed E-state index contributed by atoms with van der Waals surface area (Å²) in [6.07, 6.45) is 1.37. The molecular formula is C44H33BF2N5+.